The van der Waals surface area contributed by atoms with Crippen molar-refractivity contribution in [3.63, 3.8) is 0 Å². The minimum atomic E-state index is -3.45. The van der Waals surface area contributed by atoms with Crippen LogP contribution in [-0.4, -0.2) is 13.1 Å². The van der Waals surface area contributed by atoms with Gasteiger partial charge in [0.1, 0.15) is 0 Å². The zero-order valence-electron chi connectivity index (χ0n) is 4.83. The van der Waals surface area contributed by atoms with E-state index in [1.54, 1.807) is 0 Å². The molecule has 0 aromatic carbocycles. The van der Waals surface area contributed by atoms with Crippen molar-refractivity contribution in [2.75, 3.05) is 7.05 Å². The molecule has 0 bridgehead atoms. The first-order valence-corrected chi connectivity index (χ1v) is 3.74. The van der Waals surface area contributed by atoms with Gasteiger partial charge in [0.05, 0.1) is 0 Å². The van der Waals surface area contributed by atoms with Crippen LogP contribution in [0.3, 0.4) is 0 Å². The molecule has 0 spiro atoms. The molecule has 0 aromatic heterocycles. The number of hydrogen-bond acceptors (Lipinski definition) is 3. The minimum absolute atomic E-state index is 1.16. The average Bonchev–Trinajstić information content (AvgIpc) is 1.63. The molecule has 0 rings (SSSR count). The quantitative estimate of drug-likeness (QED) is 0.457. The van der Waals surface area contributed by atoms with Crippen LogP contribution in [0.1, 0.15) is 0 Å². The van der Waals surface area contributed by atoms with Crippen LogP contribution < -0.4 is 16.3 Å². The molecule has 7 heteroatoms. The smallest absolute Gasteiger partial charge is 0.373 e. The number of nitrogens with one attached hydrogen (secondary N) is 1. The largest absolute Gasteiger partial charge is 0.411 e. The van der Waals surface area contributed by atoms with Crippen molar-refractivity contribution in [1.82, 2.24) is 5.09 Å². The molecule has 0 aliphatic rings. The fourth-order valence-corrected chi connectivity index (χ4v) is 0.538. The second-order valence-corrected chi connectivity index (χ2v) is 3.05. The summed E-state index contributed by atoms with van der Waals surface area (Å²) >= 11 is 0. The number of nitrogens with two attached hydrogens (primary N) is 2. The maximum absolute atomic E-state index is 10.5. The molecular weight excluding hydrogens is 145 g/mol. The molecule has 5 N–H and O–H groups in total. The monoisotopic (exact) mass is 153 g/mol. The Bertz CT molecular complexity index is 157. The lowest BCUT2D eigenvalue weighted by Gasteiger charge is -2.07. The van der Waals surface area contributed by atoms with E-state index in [4.69, 9.17) is 5.50 Å². The van der Waals surface area contributed by atoms with E-state index in [9.17, 15) is 9.36 Å². The van der Waals surface area contributed by atoms with Crippen LogP contribution in [0.4, 0.5) is 4.79 Å². The van der Waals surface area contributed by atoms with Gasteiger partial charge < -0.3 is 10.3 Å². The van der Waals surface area contributed by atoms with E-state index >= 15 is 0 Å². The van der Waals surface area contributed by atoms with Gasteiger partial charge in [-0.15, -0.1) is 0 Å². The van der Waals surface area contributed by atoms with Crippen LogP contribution >= 0.6 is 7.67 Å². The van der Waals surface area contributed by atoms with Crippen molar-refractivity contribution in [3.8, 4) is 0 Å². The van der Waals surface area contributed by atoms with E-state index in [1.165, 1.54) is 7.05 Å². The molecule has 0 aromatic rings. The second kappa shape index (κ2) is 2.82. The molecule has 1 unspecified atom stereocenters. The van der Waals surface area contributed by atoms with E-state index in [1.807, 2.05) is 0 Å². The first-order valence-electron chi connectivity index (χ1n) is 2.04. The summed E-state index contributed by atoms with van der Waals surface area (Å²) in [7, 11) is -2.16. The van der Waals surface area contributed by atoms with Gasteiger partial charge in [0, 0.05) is 0 Å². The summed E-state index contributed by atoms with van der Waals surface area (Å²) < 4.78 is 14.5. The summed E-state index contributed by atoms with van der Waals surface area (Å²) in [6.45, 7) is 0. The van der Waals surface area contributed by atoms with Crippen LogP contribution in [0.15, 0.2) is 0 Å². The highest BCUT2D eigenvalue weighted by molar-refractivity contribution is 7.54. The average molecular weight is 153 g/mol. The molecule has 0 aliphatic carbocycles. The zero-order valence-corrected chi connectivity index (χ0v) is 5.72. The molecule has 0 heterocycles. The summed E-state index contributed by atoms with van der Waals surface area (Å²) in [6.07, 6.45) is -1.16. The van der Waals surface area contributed by atoms with Crippen molar-refractivity contribution < 1.29 is 13.9 Å². The van der Waals surface area contributed by atoms with Gasteiger partial charge in [-0.05, 0) is 7.05 Å². The molecule has 1 atom stereocenters. The summed E-state index contributed by atoms with van der Waals surface area (Å²) in [5, 5.41) is 2.08. The van der Waals surface area contributed by atoms with Gasteiger partial charge in [0.2, 0.25) is 0 Å². The van der Waals surface area contributed by atoms with Gasteiger partial charge in [0.25, 0.3) is 0 Å². The number of carbonyl (C=O) groups excluding carboxylic acids is 1. The Balaban J connectivity index is 3.88. The normalized spacial score (nSPS) is 16.2. The highest BCUT2D eigenvalue weighted by Gasteiger charge is 2.16. The van der Waals surface area contributed by atoms with E-state index in [0.29, 0.717) is 0 Å². The Labute approximate surface area is 52.1 Å². The third kappa shape index (κ3) is 3.96. The fraction of sp³-hybridized carbons (Fsp3) is 0.500. The number of rotatable bonds is 2. The Kier molecular flexibility index (Phi) is 2.64. The van der Waals surface area contributed by atoms with Crippen LogP contribution in [-0.2, 0) is 9.09 Å². The van der Waals surface area contributed by atoms with Gasteiger partial charge in [-0.1, -0.05) is 0 Å². The van der Waals surface area contributed by atoms with E-state index in [-0.39, 0.29) is 0 Å². The molecule has 0 aliphatic heterocycles. The van der Waals surface area contributed by atoms with Crippen LogP contribution in [0, 0.1) is 0 Å². The van der Waals surface area contributed by atoms with Gasteiger partial charge >= 0.3 is 13.8 Å². The fourth-order valence-electron chi connectivity index (χ4n) is 0.179. The molecule has 0 radical (unpaired) electrons. The molecular formula is C2H8N3O3P. The Morgan fingerprint density at radius 3 is 2.33 bits per heavy atom. The maximum Gasteiger partial charge on any atom is 0.411 e. The molecule has 1 amide bonds. The van der Waals surface area contributed by atoms with Crippen LogP contribution in [0.25, 0.3) is 0 Å². The Morgan fingerprint density at radius 2 is 2.22 bits per heavy atom. The SMILES string of the molecule is CNP(N)(=O)OC(N)=O. The van der Waals surface area contributed by atoms with E-state index in [0.717, 1.165) is 0 Å². The molecule has 0 saturated heterocycles. The predicted molar refractivity (Wildman–Crippen MR) is 31.5 cm³/mol. The van der Waals surface area contributed by atoms with Crippen LogP contribution in [0.5, 0.6) is 0 Å². The van der Waals surface area contributed by atoms with Crippen molar-refractivity contribution >= 4 is 13.8 Å². The van der Waals surface area contributed by atoms with Gasteiger partial charge in [-0.3, -0.25) is 0 Å². The predicted octanol–water partition coefficient (Wildman–Crippen LogP) is -0.632. The molecule has 0 fully saturated rings. The third-order valence-electron chi connectivity index (χ3n) is 0.537. The van der Waals surface area contributed by atoms with Crippen molar-refractivity contribution in [1.29, 1.82) is 0 Å². The first kappa shape index (κ1) is 8.42. The topological polar surface area (TPSA) is 107 Å². The van der Waals surface area contributed by atoms with Gasteiger partial charge in [0.15, 0.2) is 0 Å². The number of primary amides is 1. The van der Waals surface area contributed by atoms with Crippen LogP contribution in [0.2, 0.25) is 0 Å². The van der Waals surface area contributed by atoms with Crippen molar-refractivity contribution in [3.05, 3.63) is 0 Å². The highest BCUT2D eigenvalue weighted by Crippen LogP contribution is 2.30. The van der Waals surface area contributed by atoms with E-state index < -0.39 is 13.8 Å². The number of amides is 1. The highest BCUT2D eigenvalue weighted by atomic mass is 31.2. The molecule has 54 valence electrons. The number of carbonyl (C=O) groups is 1. The Morgan fingerprint density at radius 1 is 1.78 bits per heavy atom. The second-order valence-electron chi connectivity index (χ2n) is 1.23. The molecule has 6 nitrogen and oxygen atoms in total. The summed E-state index contributed by atoms with van der Waals surface area (Å²) in [4.78, 5) is 9.88. The first-order chi connectivity index (χ1) is 3.98. The van der Waals surface area contributed by atoms with Crippen molar-refractivity contribution in [2.45, 2.75) is 0 Å². The standard InChI is InChI=1S/C2H8N3O3P/c1-5-9(4,7)8-2(3)6/h1H3,(H2,3,6)(H3,4,5,7). The third-order valence-corrected chi connectivity index (χ3v) is 1.61. The zero-order chi connectivity index (χ0) is 7.49. The summed E-state index contributed by atoms with van der Waals surface area (Å²) in [5.74, 6) is 0. The number of hydrogen-bond donors (Lipinski definition) is 3. The lowest BCUT2D eigenvalue weighted by Crippen LogP contribution is -2.20. The van der Waals surface area contributed by atoms with E-state index in [2.05, 4.69) is 15.3 Å². The summed E-state index contributed by atoms with van der Waals surface area (Å²) in [6, 6.07) is 0. The van der Waals surface area contributed by atoms with Gasteiger partial charge in [-0.25, -0.2) is 20.0 Å². The molecule has 0 saturated carbocycles. The van der Waals surface area contributed by atoms with Crippen molar-refractivity contribution in [2.24, 2.45) is 11.2 Å². The minimum Gasteiger partial charge on any atom is -0.373 e. The maximum atomic E-state index is 10.5. The lowest BCUT2D eigenvalue weighted by atomic mass is 11.3. The summed E-state index contributed by atoms with van der Waals surface area (Å²) in [5.41, 5.74) is 9.34. The van der Waals surface area contributed by atoms with Gasteiger partial charge in [-0.2, -0.15) is 0 Å². The lowest BCUT2D eigenvalue weighted by molar-refractivity contribution is 0.211. The Hall–Kier alpha value is -0.580. The molecule has 9 heavy (non-hydrogen) atoms.